The van der Waals surface area contributed by atoms with E-state index >= 15 is 0 Å². The minimum atomic E-state index is -0.325. The lowest BCUT2D eigenvalue weighted by Crippen LogP contribution is -2.27. The second-order valence-electron chi connectivity index (χ2n) is 5.64. The van der Waals surface area contributed by atoms with Crippen molar-refractivity contribution in [3.63, 3.8) is 0 Å². The van der Waals surface area contributed by atoms with Gasteiger partial charge in [-0.1, -0.05) is 23.2 Å². The van der Waals surface area contributed by atoms with Gasteiger partial charge in [-0.2, -0.15) is 0 Å². The first kappa shape index (κ1) is 16.7. The molecule has 2 unspecified atom stereocenters. The molecule has 0 bridgehead atoms. The van der Waals surface area contributed by atoms with Crippen LogP contribution < -0.4 is 10.6 Å². The standard InChI is InChI=1S/C17H15Cl2N3O2/c18-11-1-2-15(14(19)7-11)22-17(24)13-8-12(13)16(23)21-9-10-3-5-20-6-4-10/h1-7,12-13H,8-9H2,(H,21,23)(H,22,24). The van der Waals surface area contributed by atoms with Gasteiger partial charge < -0.3 is 10.6 Å². The molecule has 3 rings (SSSR count). The fourth-order valence-corrected chi connectivity index (χ4v) is 2.87. The van der Waals surface area contributed by atoms with E-state index in [9.17, 15) is 9.59 Å². The highest BCUT2D eigenvalue weighted by atomic mass is 35.5. The Labute approximate surface area is 149 Å². The average Bonchev–Trinajstić information content (AvgIpc) is 3.37. The number of anilines is 1. The normalized spacial score (nSPS) is 18.8. The van der Waals surface area contributed by atoms with Crippen LogP contribution in [0.15, 0.2) is 42.7 Å². The maximum absolute atomic E-state index is 12.2. The number of carbonyl (C=O) groups excluding carboxylic acids is 2. The SMILES string of the molecule is O=C(NCc1ccncc1)C1CC1C(=O)Nc1ccc(Cl)cc1Cl. The molecule has 1 heterocycles. The number of nitrogens with zero attached hydrogens (tertiary/aromatic N) is 1. The fraction of sp³-hybridized carbons (Fsp3) is 0.235. The zero-order valence-corrected chi connectivity index (χ0v) is 14.1. The number of hydrogen-bond acceptors (Lipinski definition) is 3. The van der Waals surface area contributed by atoms with Gasteiger partial charge in [-0.3, -0.25) is 14.6 Å². The van der Waals surface area contributed by atoms with E-state index in [1.54, 1.807) is 30.6 Å². The van der Waals surface area contributed by atoms with Crippen molar-refractivity contribution in [2.75, 3.05) is 5.32 Å². The first-order chi connectivity index (χ1) is 11.5. The van der Waals surface area contributed by atoms with Crippen molar-refractivity contribution < 1.29 is 9.59 Å². The van der Waals surface area contributed by atoms with Crippen LogP contribution in [0.3, 0.4) is 0 Å². The molecule has 0 radical (unpaired) electrons. The second-order valence-corrected chi connectivity index (χ2v) is 6.48. The van der Waals surface area contributed by atoms with Crippen LogP contribution in [0.4, 0.5) is 5.69 Å². The van der Waals surface area contributed by atoms with Gasteiger partial charge >= 0.3 is 0 Å². The van der Waals surface area contributed by atoms with Crippen LogP contribution >= 0.6 is 23.2 Å². The van der Waals surface area contributed by atoms with Crippen molar-refractivity contribution >= 4 is 40.7 Å². The summed E-state index contributed by atoms with van der Waals surface area (Å²) in [6, 6.07) is 8.52. The predicted molar refractivity (Wildman–Crippen MR) is 92.8 cm³/mol. The summed E-state index contributed by atoms with van der Waals surface area (Å²) in [5.41, 5.74) is 1.46. The quantitative estimate of drug-likeness (QED) is 0.855. The Hall–Kier alpha value is -2.11. The van der Waals surface area contributed by atoms with Crippen LogP contribution in [0, 0.1) is 11.8 Å². The van der Waals surface area contributed by atoms with Crippen molar-refractivity contribution in [2.45, 2.75) is 13.0 Å². The van der Waals surface area contributed by atoms with Crippen LogP contribution in [-0.4, -0.2) is 16.8 Å². The number of amides is 2. The van der Waals surface area contributed by atoms with Gasteiger partial charge in [0.05, 0.1) is 22.5 Å². The molecule has 2 atom stereocenters. The Morgan fingerprint density at radius 2 is 1.79 bits per heavy atom. The number of nitrogens with one attached hydrogen (secondary N) is 2. The largest absolute Gasteiger partial charge is 0.352 e. The molecule has 0 spiro atoms. The summed E-state index contributed by atoms with van der Waals surface area (Å²) in [5, 5.41) is 6.45. The summed E-state index contributed by atoms with van der Waals surface area (Å²) < 4.78 is 0. The third-order valence-corrected chi connectivity index (χ3v) is 4.42. The molecule has 0 aliphatic heterocycles. The minimum absolute atomic E-state index is 0.117. The average molecular weight is 364 g/mol. The van der Waals surface area contributed by atoms with Gasteiger partial charge in [0.25, 0.3) is 0 Å². The Kier molecular flexibility index (Phi) is 5.02. The molecular formula is C17H15Cl2N3O2. The van der Waals surface area contributed by atoms with E-state index in [2.05, 4.69) is 15.6 Å². The molecule has 2 amide bonds. The number of pyridine rings is 1. The van der Waals surface area contributed by atoms with Crippen LogP contribution in [0.2, 0.25) is 10.0 Å². The Balaban J connectivity index is 1.51. The molecule has 124 valence electrons. The third-order valence-electron chi connectivity index (χ3n) is 3.87. The molecule has 1 aliphatic carbocycles. The lowest BCUT2D eigenvalue weighted by Gasteiger charge is -2.08. The molecule has 2 aromatic rings. The summed E-state index contributed by atoms with van der Waals surface area (Å²) in [6.07, 6.45) is 3.88. The van der Waals surface area contributed by atoms with E-state index in [1.165, 1.54) is 0 Å². The molecule has 1 aromatic carbocycles. The molecule has 7 heteroatoms. The van der Waals surface area contributed by atoms with Crippen molar-refractivity contribution in [1.82, 2.24) is 10.3 Å². The van der Waals surface area contributed by atoms with Crippen LogP contribution in [0.5, 0.6) is 0 Å². The summed E-state index contributed by atoms with van der Waals surface area (Å²) in [4.78, 5) is 28.2. The molecule has 24 heavy (non-hydrogen) atoms. The molecule has 1 fully saturated rings. The molecule has 1 aliphatic rings. The maximum Gasteiger partial charge on any atom is 0.228 e. The van der Waals surface area contributed by atoms with E-state index < -0.39 is 0 Å². The number of hydrogen-bond donors (Lipinski definition) is 2. The summed E-state index contributed by atoms with van der Waals surface area (Å²) in [6.45, 7) is 0.426. The number of halogens is 2. The lowest BCUT2D eigenvalue weighted by molar-refractivity contribution is -0.125. The predicted octanol–water partition coefficient (Wildman–Crippen LogP) is 3.28. The summed E-state index contributed by atoms with van der Waals surface area (Å²) in [5.74, 6) is -0.940. The Bertz CT molecular complexity index is 768. The number of carbonyl (C=O) groups is 2. The van der Waals surface area contributed by atoms with Crippen molar-refractivity contribution in [3.05, 3.63) is 58.3 Å². The molecule has 1 aromatic heterocycles. The van der Waals surface area contributed by atoms with Crippen LogP contribution in [-0.2, 0) is 16.1 Å². The van der Waals surface area contributed by atoms with Crippen molar-refractivity contribution in [2.24, 2.45) is 11.8 Å². The van der Waals surface area contributed by atoms with Gasteiger partial charge in [0.2, 0.25) is 11.8 Å². The highest BCUT2D eigenvalue weighted by Gasteiger charge is 2.48. The minimum Gasteiger partial charge on any atom is -0.352 e. The molecule has 5 nitrogen and oxygen atoms in total. The maximum atomic E-state index is 12.2. The van der Waals surface area contributed by atoms with Crippen molar-refractivity contribution in [3.8, 4) is 0 Å². The smallest absolute Gasteiger partial charge is 0.228 e. The topological polar surface area (TPSA) is 71.1 Å². The van der Waals surface area contributed by atoms with Gasteiger partial charge in [0, 0.05) is 24.0 Å². The van der Waals surface area contributed by atoms with Gasteiger partial charge in [0.1, 0.15) is 0 Å². The second kappa shape index (κ2) is 7.20. The monoisotopic (exact) mass is 363 g/mol. The number of aromatic nitrogens is 1. The van der Waals surface area contributed by atoms with Crippen molar-refractivity contribution in [1.29, 1.82) is 0 Å². The van der Waals surface area contributed by atoms with Gasteiger partial charge in [-0.15, -0.1) is 0 Å². The highest BCUT2D eigenvalue weighted by molar-refractivity contribution is 6.36. The summed E-state index contributed by atoms with van der Waals surface area (Å²) in [7, 11) is 0. The van der Waals surface area contributed by atoms with Gasteiger partial charge in [-0.25, -0.2) is 0 Å². The Morgan fingerprint density at radius 1 is 1.08 bits per heavy atom. The van der Waals surface area contributed by atoms with E-state index in [0.717, 1.165) is 5.56 Å². The van der Waals surface area contributed by atoms with Crippen LogP contribution in [0.25, 0.3) is 0 Å². The number of benzene rings is 1. The number of rotatable bonds is 5. The first-order valence-electron chi connectivity index (χ1n) is 7.47. The van der Waals surface area contributed by atoms with E-state index in [-0.39, 0.29) is 23.7 Å². The molecule has 1 saturated carbocycles. The van der Waals surface area contributed by atoms with E-state index in [4.69, 9.17) is 23.2 Å². The summed E-state index contributed by atoms with van der Waals surface area (Å²) >= 11 is 11.9. The lowest BCUT2D eigenvalue weighted by atomic mass is 10.2. The molecular weight excluding hydrogens is 349 g/mol. The third kappa shape index (κ3) is 4.04. The van der Waals surface area contributed by atoms with Gasteiger partial charge in [-0.05, 0) is 42.3 Å². The van der Waals surface area contributed by atoms with E-state index in [0.29, 0.717) is 28.7 Å². The van der Waals surface area contributed by atoms with E-state index in [1.807, 2.05) is 12.1 Å². The highest BCUT2D eigenvalue weighted by Crippen LogP contribution is 2.40. The first-order valence-corrected chi connectivity index (χ1v) is 8.22. The molecule has 0 saturated heterocycles. The molecule has 2 N–H and O–H groups in total. The fourth-order valence-electron chi connectivity index (χ4n) is 2.41. The zero-order chi connectivity index (χ0) is 17.1. The Morgan fingerprint density at radius 3 is 2.50 bits per heavy atom. The van der Waals surface area contributed by atoms with Crippen LogP contribution in [0.1, 0.15) is 12.0 Å². The zero-order valence-electron chi connectivity index (χ0n) is 12.6. The van der Waals surface area contributed by atoms with Gasteiger partial charge in [0.15, 0.2) is 0 Å².